The third-order valence-electron chi connectivity index (χ3n) is 1.16. The minimum Gasteiger partial charge on any atom is -0.396 e. The van der Waals surface area contributed by atoms with Crippen LogP contribution in [-0.4, -0.2) is 27.4 Å². The molecule has 0 spiro atoms. The monoisotopic (exact) mass is 188 g/mol. The number of aliphatic hydroxyl groups is 1. The van der Waals surface area contributed by atoms with Crippen molar-refractivity contribution in [3.05, 3.63) is 18.3 Å². The van der Waals surface area contributed by atoms with E-state index in [0.717, 1.165) is 5.75 Å². The van der Waals surface area contributed by atoms with Crippen molar-refractivity contribution in [3.8, 4) is 0 Å². The van der Waals surface area contributed by atoms with E-state index >= 15 is 0 Å². The van der Waals surface area contributed by atoms with Crippen LogP contribution in [-0.2, 0) is 0 Å². The first-order chi connectivity index (χ1) is 5.83. The summed E-state index contributed by atoms with van der Waals surface area (Å²) in [5.41, 5.74) is 0. The van der Waals surface area contributed by atoms with E-state index in [4.69, 9.17) is 5.11 Å². The van der Waals surface area contributed by atoms with E-state index in [9.17, 15) is 4.39 Å². The van der Waals surface area contributed by atoms with Gasteiger partial charge in [0.05, 0.1) is 0 Å². The van der Waals surface area contributed by atoms with Crippen LogP contribution >= 0.6 is 11.8 Å². The first-order valence-electron chi connectivity index (χ1n) is 3.54. The Hall–Kier alpha value is -0.680. The Morgan fingerprint density at radius 2 is 2.33 bits per heavy atom. The number of hydrogen-bond acceptors (Lipinski definition) is 4. The SMILES string of the molecule is OCCCSc1cc(F)ncn1. The third kappa shape index (κ3) is 3.15. The molecule has 1 rings (SSSR count). The van der Waals surface area contributed by atoms with E-state index < -0.39 is 5.95 Å². The molecule has 5 heteroatoms. The fraction of sp³-hybridized carbons (Fsp3) is 0.429. The van der Waals surface area contributed by atoms with Crippen LogP contribution in [0.5, 0.6) is 0 Å². The van der Waals surface area contributed by atoms with Crippen molar-refractivity contribution >= 4 is 11.8 Å². The van der Waals surface area contributed by atoms with Gasteiger partial charge >= 0.3 is 0 Å². The summed E-state index contributed by atoms with van der Waals surface area (Å²) in [5.74, 6) is 0.226. The van der Waals surface area contributed by atoms with Gasteiger partial charge in [0.15, 0.2) is 0 Å². The normalized spacial score (nSPS) is 10.2. The minimum atomic E-state index is -0.517. The van der Waals surface area contributed by atoms with Gasteiger partial charge in [-0.15, -0.1) is 11.8 Å². The van der Waals surface area contributed by atoms with E-state index in [2.05, 4.69) is 9.97 Å². The van der Waals surface area contributed by atoms with Crippen molar-refractivity contribution in [2.45, 2.75) is 11.4 Å². The highest BCUT2D eigenvalue weighted by Gasteiger charge is 1.97. The van der Waals surface area contributed by atoms with Gasteiger partial charge in [-0.05, 0) is 6.42 Å². The Balaban J connectivity index is 2.41. The highest BCUT2D eigenvalue weighted by molar-refractivity contribution is 7.99. The molecule has 1 aromatic heterocycles. The summed E-state index contributed by atoms with van der Waals surface area (Å²) in [4.78, 5) is 7.17. The Morgan fingerprint density at radius 1 is 1.50 bits per heavy atom. The van der Waals surface area contributed by atoms with Crippen molar-refractivity contribution in [3.63, 3.8) is 0 Å². The quantitative estimate of drug-likeness (QED) is 0.436. The molecule has 0 aromatic carbocycles. The molecule has 1 aromatic rings. The number of aromatic nitrogens is 2. The number of nitrogens with zero attached hydrogens (tertiary/aromatic N) is 2. The fourth-order valence-electron chi connectivity index (χ4n) is 0.638. The topological polar surface area (TPSA) is 46.0 Å². The molecular formula is C7H9FN2OS. The third-order valence-corrected chi connectivity index (χ3v) is 2.17. The van der Waals surface area contributed by atoms with Gasteiger partial charge in [0.1, 0.15) is 11.4 Å². The van der Waals surface area contributed by atoms with Crippen LogP contribution in [0.4, 0.5) is 4.39 Å². The molecule has 12 heavy (non-hydrogen) atoms. The van der Waals surface area contributed by atoms with Crippen molar-refractivity contribution in [1.82, 2.24) is 9.97 Å². The van der Waals surface area contributed by atoms with Crippen LogP contribution in [0.1, 0.15) is 6.42 Å². The number of rotatable bonds is 4. The van der Waals surface area contributed by atoms with Crippen LogP contribution in [0.2, 0.25) is 0 Å². The molecule has 0 aliphatic rings. The molecule has 0 fully saturated rings. The zero-order valence-electron chi connectivity index (χ0n) is 6.40. The summed E-state index contributed by atoms with van der Waals surface area (Å²) in [6.45, 7) is 0.153. The van der Waals surface area contributed by atoms with E-state index in [1.165, 1.54) is 24.2 Å². The largest absolute Gasteiger partial charge is 0.396 e. The molecule has 0 unspecified atom stereocenters. The highest BCUT2D eigenvalue weighted by atomic mass is 32.2. The minimum absolute atomic E-state index is 0.153. The highest BCUT2D eigenvalue weighted by Crippen LogP contribution is 2.14. The van der Waals surface area contributed by atoms with Gasteiger partial charge in [0.25, 0.3) is 0 Å². The van der Waals surface area contributed by atoms with Gasteiger partial charge in [0, 0.05) is 18.4 Å². The number of halogens is 1. The lowest BCUT2D eigenvalue weighted by Crippen LogP contribution is -1.89. The van der Waals surface area contributed by atoms with Crippen LogP contribution < -0.4 is 0 Å². The molecule has 0 aliphatic heterocycles. The van der Waals surface area contributed by atoms with Crippen LogP contribution in [0.15, 0.2) is 17.4 Å². The number of thioether (sulfide) groups is 1. The van der Waals surface area contributed by atoms with Gasteiger partial charge in [-0.1, -0.05) is 0 Å². The molecule has 1 N–H and O–H groups in total. The Morgan fingerprint density at radius 3 is 3.00 bits per heavy atom. The van der Waals surface area contributed by atoms with Gasteiger partial charge in [-0.2, -0.15) is 4.39 Å². The smallest absolute Gasteiger partial charge is 0.217 e. The lowest BCUT2D eigenvalue weighted by molar-refractivity contribution is 0.296. The van der Waals surface area contributed by atoms with E-state index in [1.807, 2.05) is 0 Å². The molecule has 3 nitrogen and oxygen atoms in total. The van der Waals surface area contributed by atoms with Crippen molar-refractivity contribution in [2.24, 2.45) is 0 Å². The summed E-state index contributed by atoms with van der Waals surface area (Å²) in [6.07, 6.45) is 1.88. The lowest BCUT2D eigenvalue weighted by Gasteiger charge is -1.97. The standard InChI is InChI=1S/C7H9FN2OS/c8-6-4-7(10-5-9-6)12-3-1-2-11/h4-5,11H,1-3H2. The average molecular weight is 188 g/mol. The van der Waals surface area contributed by atoms with Gasteiger partial charge in [-0.3, -0.25) is 0 Å². The summed E-state index contributed by atoms with van der Waals surface area (Å²) >= 11 is 1.41. The second-order valence-electron chi connectivity index (χ2n) is 2.10. The zero-order chi connectivity index (χ0) is 8.81. The van der Waals surface area contributed by atoms with Crippen LogP contribution in [0.3, 0.4) is 0 Å². The van der Waals surface area contributed by atoms with Gasteiger partial charge < -0.3 is 5.11 Å². The summed E-state index contributed by atoms with van der Waals surface area (Å²) in [5, 5.41) is 9.09. The molecule has 0 saturated heterocycles. The second-order valence-corrected chi connectivity index (χ2v) is 3.22. The maximum absolute atomic E-state index is 12.5. The Kier molecular flexibility index (Phi) is 3.96. The van der Waals surface area contributed by atoms with Crippen LogP contribution in [0.25, 0.3) is 0 Å². The van der Waals surface area contributed by atoms with Crippen molar-refractivity contribution < 1.29 is 9.50 Å². The number of hydrogen-bond donors (Lipinski definition) is 1. The maximum Gasteiger partial charge on any atom is 0.217 e. The molecule has 0 radical (unpaired) electrons. The lowest BCUT2D eigenvalue weighted by atomic mass is 10.5. The predicted octanol–water partition coefficient (Wildman–Crippen LogP) is 1.09. The summed E-state index contributed by atoms with van der Waals surface area (Å²) in [6, 6.07) is 1.28. The van der Waals surface area contributed by atoms with E-state index in [-0.39, 0.29) is 6.61 Å². The maximum atomic E-state index is 12.5. The molecule has 66 valence electrons. The molecule has 0 saturated carbocycles. The average Bonchev–Trinajstić information content (AvgIpc) is 2.05. The molecule has 1 heterocycles. The molecule has 0 atom stereocenters. The molecule has 0 aliphatic carbocycles. The predicted molar refractivity (Wildman–Crippen MR) is 44.4 cm³/mol. The molecule has 0 bridgehead atoms. The van der Waals surface area contributed by atoms with Gasteiger partial charge in [-0.25, -0.2) is 9.97 Å². The Labute approximate surface area is 74.0 Å². The van der Waals surface area contributed by atoms with Gasteiger partial charge in [0.2, 0.25) is 5.95 Å². The van der Waals surface area contributed by atoms with Crippen molar-refractivity contribution in [1.29, 1.82) is 0 Å². The van der Waals surface area contributed by atoms with Crippen LogP contribution in [0, 0.1) is 5.95 Å². The second kappa shape index (κ2) is 5.05. The summed E-state index contributed by atoms with van der Waals surface area (Å²) < 4.78 is 12.5. The summed E-state index contributed by atoms with van der Waals surface area (Å²) in [7, 11) is 0. The Bertz CT molecular complexity index is 247. The first-order valence-corrected chi connectivity index (χ1v) is 4.52. The van der Waals surface area contributed by atoms with Crippen molar-refractivity contribution in [2.75, 3.05) is 12.4 Å². The fourth-order valence-corrected chi connectivity index (χ4v) is 1.42. The molecular weight excluding hydrogens is 179 g/mol. The van der Waals surface area contributed by atoms with E-state index in [1.54, 1.807) is 0 Å². The zero-order valence-corrected chi connectivity index (χ0v) is 7.22. The first kappa shape index (κ1) is 9.41. The van der Waals surface area contributed by atoms with E-state index in [0.29, 0.717) is 11.4 Å². The molecule has 0 amide bonds. The number of aliphatic hydroxyl groups excluding tert-OH is 1.